The summed E-state index contributed by atoms with van der Waals surface area (Å²) in [4.78, 5) is 11.5. The summed E-state index contributed by atoms with van der Waals surface area (Å²) in [6.45, 7) is 9.63. The quantitative estimate of drug-likeness (QED) is 0.633. The van der Waals surface area contributed by atoms with E-state index in [2.05, 4.69) is 36.5 Å². The second-order valence-corrected chi connectivity index (χ2v) is 5.73. The Bertz CT molecular complexity index is 390. The van der Waals surface area contributed by atoms with Gasteiger partial charge in [-0.25, -0.2) is 0 Å². The van der Waals surface area contributed by atoms with Crippen LogP contribution in [0, 0.1) is 5.41 Å². The molecular weight excluding hydrogens is 238 g/mol. The Balaban J connectivity index is 2.18. The molecule has 0 saturated carbocycles. The summed E-state index contributed by atoms with van der Waals surface area (Å²) in [5.74, 6) is -0.151. The first-order chi connectivity index (χ1) is 8.93. The Morgan fingerprint density at radius 1 is 1.16 bits per heavy atom. The van der Waals surface area contributed by atoms with Crippen molar-refractivity contribution >= 4 is 5.97 Å². The van der Waals surface area contributed by atoms with Gasteiger partial charge < -0.3 is 10.1 Å². The van der Waals surface area contributed by atoms with Crippen LogP contribution in [0.2, 0.25) is 0 Å². The number of rotatable bonds is 6. The lowest BCUT2D eigenvalue weighted by atomic mass is 9.97. The van der Waals surface area contributed by atoms with Crippen LogP contribution in [0.1, 0.15) is 38.8 Å². The molecule has 0 fully saturated rings. The predicted octanol–water partition coefficient (Wildman–Crippen LogP) is 2.93. The van der Waals surface area contributed by atoms with Gasteiger partial charge in [0.1, 0.15) is 6.61 Å². The Morgan fingerprint density at radius 3 is 2.26 bits per heavy atom. The molecule has 1 aromatic rings. The van der Waals surface area contributed by atoms with E-state index < -0.39 is 5.41 Å². The van der Waals surface area contributed by atoms with Gasteiger partial charge in [-0.05, 0) is 38.3 Å². The molecule has 0 amide bonds. The molecule has 0 aromatic heterocycles. The molecule has 0 aliphatic rings. The summed E-state index contributed by atoms with van der Waals surface area (Å²) in [7, 11) is 0. The van der Waals surface area contributed by atoms with E-state index in [1.54, 1.807) is 0 Å². The molecule has 1 aromatic carbocycles. The van der Waals surface area contributed by atoms with Crippen molar-refractivity contribution in [1.29, 1.82) is 0 Å². The summed E-state index contributed by atoms with van der Waals surface area (Å²) in [5, 5.41) is 3.27. The SMILES string of the molecule is CCc1ccc(CNCCOC(=O)C(C)(C)C)cc1. The smallest absolute Gasteiger partial charge is 0.311 e. The van der Waals surface area contributed by atoms with Gasteiger partial charge in [0.15, 0.2) is 0 Å². The number of hydrogen-bond donors (Lipinski definition) is 1. The third-order valence-corrected chi connectivity index (χ3v) is 2.88. The van der Waals surface area contributed by atoms with Crippen molar-refractivity contribution in [3.05, 3.63) is 35.4 Å². The molecular formula is C16H25NO2. The molecule has 0 unspecified atom stereocenters. The highest BCUT2D eigenvalue weighted by Crippen LogP contribution is 2.14. The Hall–Kier alpha value is -1.35. The summed E-state index contributed by atoms with van der Waals surface area (Å²) in [5.41, 5.74) is 2.18. The number of carbonyl (C=O) groups excluding carboxylic acids is 1. The fourth-order valence-corrected chi connectivity index (χ4v) is 1.56. The molecule has 0 heterocycles. The highest BCUT2D eigenvalue weighted by atomic mass is 16.5. The molecule has 0 atom stereocenters. The minimum Gasteiger partial charge on any atom is -0.464 e. The molecule has 1 N–H and O–H groups in total. The van der Waals surface area contributed by atoms with E-state index in [0.717, 1.165) is 13.0 Å². The van der Waals surface area contributed by atoms with E-state index in [-0.39, 0.29) is 5.97 Å². The van der Waals surface area contributed by atoms with Gasteiger partial charge in [-0.3, -0.25) is 4.79 Å². The monoisotopic (exact) mass is 263 g/mol. The van der Waals surface area contributed by atoms with Crippen LogP contribution in [0.3, 0.4) is 0 Å². The van der Waals surface area contributed by atoms with E-state index in [4.69, 9.17) is 4.74 Å². The van der Waals surface area contributed by atoms with Gasteiger partial charge in [-0.1, -0.05) is 31.2 Å². The van der Waals surface area contributed by atoms with E-state index in [9.17, 15) is 4.79 Å². The molecule has 0 saturated heterocycles. The lowest BCUT2D eigenvalue weighted by Gasteiger charge is -2.16. The second kappa shape index (κ2) is 7.29. The third-order valence-electron chi connectivity index (χ3n) is 2.88. The van der Waals surface area contributed by atoms with Crippen LogP contribution in [0.15, 0.2) is 24.3 Å². The maximum atomic E-state index is 11.5. The number of hydrogen-bond acceptors (Lipinski definition) is 3. The molecule has 19 heavy (non-hydrogen) atoms. The fraction of sp³-hybridized carbons (Fsp3) is 0.562. The van der Waals surface area contributed by atoms with Crippen molar-refractivity contribution < 1.29 is 9.53 Å². The van der Waals surface area contributed by atoms with Crippen LogP contribution in [-0.2, 0) is 22.5 Å². The number of benzene rings is 1. The van der Waals surface area contributed by atoms with E-state index >= 15 is 0 Å². The zero-order valence-corrected chi connectivity index (χ0v) is 12.5. The van der Waals surface area contributed by atoms with Gasteiger partial charge in [-0.2, -0.15) is 0 Å². The van der Waals surface area contributed by atoms with Gasteiger partial charge in [0.05, 0.1) is 5.41 Å². The van der Waals surface area contributed by atoms with Crippen molar-refractivity contribution in [3.8, 4) is 0 Å². The lowest BCUT2D eigenvalue weighted by Crippen LogP contribution is -2.27. The Labute approximate surface area is 116 Å². The Kier molecular flexibility index (Phi) is 6.03. The van der Waals surface area contributed by atoms with Crippen LogP contribution in [0.5, 0.6) is 0 Å². The maximum Gasteiger partial charge on any atom is 0.311 e. The zero-order valence-electron chi connectivity index (χ0n) is 12.5. The van der Waals surface area contributed by atoms with E-state index in [1.165, 1.54) is 11.1 Å². The highest BCUT2D eigenvalue weighted by molar-refractivity contribution is 5.75. The Morgan fingerprint density at radius 2 is 1.74 bits per heavy atom. The first-order valence-corrected chi connectivity index (χ1v) is 6.89. The van der Waals surface area contributed by atoms with Crippen LogP contribution in [0.25, 0.3) is 0 Å². The van der Waals surface area contributed by atoms with Crippen molar-refractivity contribution in [2.45, 2.75) is 40.7 Å². The predicted molar refractivity (Wildman–Crippen MR) is 77.9 cm³/mol. The summed E-state index contributed by atoms with van der Waals surface area (Å²) >= 11 is 0. The summed E-state index contributed by atoms with van der Waals surface area (Å²) < 4.78 is 5.18. The zero-order chi connectivity index (χ0) is 14.3. The molecule has 0 aliphatic carbocycles. The van der Waals surface area contributed by atoms with Crippen LogP contribution in [0.4, 0.5) is 0 Å². The number of ether oxygens (including phenoxy) is 1. The lowest BCUT2D eigenvalue weighted by molar-refractivity contribution is -0.152. The largest absolute Gasteiger partial charge is 0.464 e. The van der Waals surface area contributed by atoms with Crippen molar-refractivity contribution in [3.63, 3.8) is 0 Å². The minimum absolute atomic E-state index is 0.151. The molecule has 0 spiro atoms. The molecule has 3 heteroatoms. The van der Waals surface area contributed by atoms with Crippen molar-refractivity contribution in [1.82, 2.24) is 5.32 Å². The molecule has 106 valence electrons. The first-order valence-electron chi connectivity index (χ1n) is 6.89. The van der Waals surface area contributed by atoms with Gasteiger partial charge in [0.25, 0.3) is 0 Å². The van der Waals surface area contributed by atoms with Gasteiger partial charge in [-0.15, -0.1) is 0 Å². The van der Waals surface area contributed by atoms with Gasteiger partial charge in [0.2, 0.25) is 0 Å². The number of esters is 1. The average molecular weight is 263 g/mol. The first kappa shape index (κ1) is 15.7. The molecule has 0 aliphatic heterocycles. The minimum atomic E-state index is -0.421. The fourth-order valence-electron chi connectivity index (χ4n) is 1.56. The summed E-state index contributed by atoms with van der Waals surface area (Å²) in [6, 6.07) is 8.56. The van der Waals surface area contributed by atoms with E-state index in [1.807, 2.05) is 20.8 Å². The third kappa shape index (κ3) is 5.88. The average Bonchev–Trinajstić information content (AvgIpc) is 2.37. The molecule has 0 radical (unpaired) electrons. The molecule has 3 nitrogen and oxygen atoms in total. The maximum absolute atomic E-state index is 11.5. The molecule has 0 bridgehead atoms. The van der Waals surface area contributed by atoms with Crippen LogP contribution < -0.4 is 5.32 Å². The standard InChI is InChI=1S/C16H25NO2/c1-5-13-6-8-14(9-7-13)12-17-10-11-19-15(18)16(2,3)4/h6-9,17H,5,10-12H2,1-4H3. The van der Waals surface area contributed by atoms with Gasteiger partial charge >= 0.3 is 5.97 Å². The van der Waals surface area contributed by atoms with E-state index in [0.29, 0.717) is 13.2 Å². The molecule has 1 rings (SSSR count). The van der Waals surface area contributed by atoms with Gasteiger partial charge in [0, 0.05) is 13.1 Å². The summed E-state index contributed by atoms with van der Waals surface area (Å²) in [6.07, 6.45) is 1.07. The number of aryl methyl sites for hydroxylation is 1. The second-order valence-electron chi connectivity index (χ2n) is 5.73. The van der Waals surface area contributed by atoms with Crippen molar-refractivity contribution in [2.24, 2.45) is 5.41 Å². The topological polar surface area (TPSA) is 38.3 Å². The highest BCUT2D eigenvalue weighted by Gasteiger charge is 2.22. The number of carbonyl (C=O) groups is 1. The number of nitrogens with one attached hydrogen (secondary N) is 1. The van der Waals surface area contributed by atoms with Crippen molar-refractivity contribution in [2.75, 3.05) is 13.2 Å². The van der Waals surface area contributed by atoms with Crippen LogP contribution >= 0.6 is 0 Å². The normalized spacial score (nSPS) is 11.4. The van der Waals surface area contributed by atoms with Crippen LogP contribution in [-0.4, -0.2) is 19.1 Å².